The van der Waals surface area contributed by atoms with Crippen molar-refractivity contribution in [2.24, 2.45) is 4.99 Å². The molecule has 2 atom stereocenters. The summed E-state index contributed by atoms with van der Waals surface area (Å²) in [6.07, 6.45) is 0.518. The fraction of sp³-hybridized carbons (Fsp3) is 0.435. The van der Waals surface area contributed by atoms with Crippen LogP contribution in [-0.2, 0) is 24.4 Å². The van der Waals surface area contributed by atoms with Crippen molar-refractivity contribution in [3.63, 3.8) is 0 Å². The first kappa shape index (κ1) is 24.6. The molecule has 7 heteroatoms. The van der Waals surface area contributed by atoms with Gasteiger partial charge in [0.2, 0.25) is 0 Å². The predicted molar refractivity (Wildman–Crippen MR) is 131 cm³/mol. The number of nitrogens with one attached hydrogen (secondary N) is 2. The van der Waals surface area contributed by atoms with Gasteiger partial charge >= 0.3 is 0 Å². The van der Waals surface area contributed by atoms with Gasteiger partial charge in [-0.1, -0.05) is 36.4 Å². The number of benzene rings is 2. The Morgan fingerprint density at radius 2 is 1.70 bits per heavy atom. The first-order chi connectivity index (χ1) is 14.0. The maximum absolute atomic E-state index is 13.3. The number of nitrogens with zero attached hydrogens (tertiary/aromatic N) is 2. The molecule has 1 aliphatic rings. The SMILES string of the molecule is CN=C(NCc1cccc(F)c1)NCc1ccccc1CN1CC(C)OC(C)C1.I. The van der Waals surface area contributed by atoms with Gasteiger partial charge in [0.1, 0.15) is 5.82 Å². The molecular formula is C23H32FIN4O. The third kappa shape index (κ3) is 7.52. The third-order valence-corrected chi connectivity index (χ3v) is 5.03. The van der Waals surface area contributed by atoms with Crippen LogP contribution in [0.15, 0.2) is 53.5 Å². The summed E-state index contributed by atoms with van der Waals surface area (Å²) in [5.74, 6) is 0.464. The van der Waals surface area contributed by atoms with E-state index in [9.17, 15) is 4.39 Å². The van der Waals surface area contributed by atoms with E-state index >= 15 is 0 Å². The molecule has 2 aromatic rings. The molecule has 2 unspecified atom stereocenters. The zero-order valence-corrected chi connectivity index (χ0v) is 20.2. The molecule has 0 aromatic heterocycles. The number of hydrogen-bond acceptors (Lipinski definition) is 3. The fourth-order valence-corrected chi connectivity index (χ4v) is 3.77. The van der Waals surface area contributed by atoms with Gasteiger partial charge in [0, 0.05) is 39.8 Å². The van der Waals surface area contributed by atoms with Crippen LogP contribution in [0.4, 0.5) is 4.39 Å². The molecule has 30 heavy (non-hydrogen) atoms. The van der Waals surface area contributed by atoms with Crippen LogP contribution in [0.1, 0.15) is 30.5 Å². The fourth-order valence-electron chi connectivity index (χ4n) is 3.77. The molecule has 1 heterocycles. The number of hydrogen-bond donors (Lipinski definition) is 2. The minimum Gasteiger partial charge on any atom is -0.373 e. The van der Waals surface area contributed by atoms with E-state index in [1.54, 1.807) is 13.1 Å². The molecule has 0 amide bonds. The van der Waals surface area contributed by atoms with Gasteiger partial charge in [0.25, 0.3) is 0 Å². The van der Waals surface area contributed by atoms with Crippen molar-refractivity contribution < 1.29 is 9.13 Å². The minimum atomic E-state index is -0.229. The van der Waals surface area contributed by atoms with Crippen molar-refractivity contribution in [2.75, 3.05) is 20.1 Å². The zero-order chi connectivity index (χ0) is 20.6. The highest BCUT2D eigenvalue weighted by Gasteiger charge is 2.22. The van der Waals surface area contributed by atoms with Crippen molar-refractivity contribution in [3.8, 4) is 0 Å². The van der Waals surface area contributed by atoms with Crippen molar-refractivity contribution in [1.82, 2.24) is 15.5 Å². The average Bonchev–Trinajstić information content (AvgIpc) is 2.68. The van der Waals surface area contributed by atoms with Gasteiger partial charge in [-0.25, -0.2) is 4.39 Å². The molecule has 0 saturated carbocycles. The first-order valence-electron chi connectivity index (χ1n) is 10.2. The van der Waals surface area contributed by atoms with Crippen molar-refractivity contribution >= 4 is 29.9 Å². The molecule has 164 valence electrons. The summed E-state index contributed by atoms with van der Waals surface area (Å²) < 4.78 is 19.2. The van der Waals surface area contributed by atoms with Crippen LogP contribution < -0.4 is 10.6 Å². The monoisotopic (exact) mass is 526 g/mol. The minimum absolute atomic E-state index is 0. The molecular weight excluding hydrogens is 494 g/mol. The Kier molecular flexibility index (Phi) is 10.0. The van der Waals surface area contributed by atoms with Gasteiger partial charge in [-0.15, -0.1) is 24.0 Å². The average molecular weight is 526 g/mol. The third-order valence-electron chi connectivity index (χ3n) is 5.03. The second-order valence-electron chi connectivity index (χ2n) is 7.63. The van der Waals surface area contributed by atoms with Crippen molar-refractivity contribution in [2.45, 2.75) is 45.7 Å². The Balaban J connectivity index is 0.00000320. The molecule has 0 aliphatic carbocycles. The lowest BCUT2D eigenvalue weighted by Crippen LogP contribution is -2.45. The van der Waals surface area contributed by atoms with E-state index in [1.807, 2.05) is 6.07 Å². The summed E-state index contributed by atoms with van der Waals surface area (Å²) in [7, 11) is 1.74. The van der Waals surface area contributed by atoms with Crippen LogP contribution >= 0.6 is 24.0 Å². The van der Waals surface area contributed by atoms with Crippen LogP contribution in [0.3, 0.4) is 0 Å². The Bertz CT molecular complexity index is 822. The highest BCUT2D eigenvalue weighted by atomic mass is 127. The second-order valence-corrected chi connectivity index (χ2v) is 7.63. The van der Waals surface area contributed by atoms with Crippen LogP contribution in [0.25, 0.3) is 0 Å². The van der Waals surface area contributed by atoms with Gasteiger partial charge in [0.05, 0.1) is 12.2 Å². The zero-order valence-electron chi connectivity index (χ0n) is 17.9. The van der Waals surface area contributed by atoms with Crippen molar-refractivity contribution in [3.05, 3.63) is 71.0 Å². The summed E-state index contributed by atoms with van der Waals surface area (Å²) in [5.41, 5.74) is 3.43. The Hall–Kier alpha value is -1.71. The Morgan fingerprint density at radius 3 is 2.37 bits per heavy atom. The number of morpholine rings is 1. The number of rotatable bonds is 6. The van der Waals surface area contributed by atoms with Crippen LogP contribution in [0.2, 0.25) is 0 Å². The lowest BCUT2D eigenvalue weighted by atomic mass is 10.1. The predicted octanol–water partition coefficient (Wildman–Crippen LogP) is 3.92. The lowest BCUT2D eigenvalue weighted by molar-refractivity contribution is -0.0705. The molecule has 1 aliphatic heterocycles. The Labute approximate surface area is 196 Å². The quantitative estimate of drug-likeness (QED) is 0.341. The van der Waals surface area contributed by atoms with E-state index in [-0.39, 0.29) is 42.0 Å². The largest absolute Gasteiger partial charge is 0.373 e. The highest BCUT2D eigenvalue weighted by Crippen LogP contribution is 2.17. The summed E-state index contributed by atoms with van der Waals surface area (Å²) in [6, 6.07) is 15.1. The van der Waals surface area contributed by atoms with Gasteiger partial charge < -0.3 is 15.4 Å². The van der Waals surface area contributed by atoms with E-state index < -0.39 is 0 Å². The molecule has 2 N–H and O–H groups in total. The molecule has 0 spiro atoms. The normalized spacial score (nSPS) is 19.8. The maximum atomic E-state index is 13.3. The number of ether oxygens (including phenoxy) is 1. The summed E-state index contributed by atoms with van der Waals surface area (Å²) in [5, 5.41) is 6.61. The number of aliphatic imine (C=N–C) groups is 1. The molecule has 0 bridgehead atoms. The molecule has 1 fully saturated rings. The van der Waals surface area contributed by atoms with Gasteiger partial charge in [-0.3, -0.25) is 9.89 Å². The maximum Gasteiger partial charge on any atom is 0.191 e. The molecule has 0 radical (unpaired) electrons. The van der Waals surface area contributed by atoms with Crippen LogP contribution in [-0.4, -0.2) is 43.2 Å². The van der Waals surface area contributed by atoms with E-state index in [0.717, 1.165) is 25.2 Å². The van der Waals surface area contributed by atoms with E-state index in [2.05, 4.69) is 58.6 Å². The summed E-state index contributed by atoms with van der Waals surface area (Å²) >= 11 is 0. The topological polar surface area (TPSA) is 48.9 Å². The van der Waals surface area contributed by atoms with Crippen LogP contribution in [0, 0.1) is 5.82 Å². The van der Waals surface area contributed by atoms with E-state index in [4.69, 9.17) is 4.74 Å². The summed E-state index contributed by atoms with van der Waals surface area (Å²) in [4.78, 5) is 6.73. The van der Waals surface area contributed by atoms with Crippen LogP contribution in [0.5, 0.6) is 0 Å². The Morgan fingerprint density at radius 1 is 1.03 bits per heavy atom. The van der Waals surface area contributed by atoms with Gasteiger partial charge in [-0.05, 0) is 42.7 Å². The molecule has 3 rings (SSSR count). The summed E-state index contributed by atoms with van der Waals surface area (Å²) in [6.45, 7) is 8.25. The smallest absolute Gasteiger partial charge is 0.191 e. The second kappa shape index (κ2) is 12.2. The number of halogens is 2. The van der Waals surface area contributed by atoms with E-state index in [1.165, 1.54) is 23.3 Å². The first-order valence-corrected chi connectivity index (χ1v) is 10.2. The molecule has 5 nitrogen and oxygen atoms in total. The lowest BCUT2D eigenvalue weighted by Gasteiger charge is -2.35. The molecule has 2 aromatic carbocycles. The number of guanidine groups is 1. The van der Waals surface area contributed by atoms with Gasteiger partial charge in [0.15, 0.2) is 5.96 Å². The van der Waals surface area contributed by atoms with Crippen molar-refractivity contribution in [1.29, 1.82) is 0 Å². The standard InChI is InChI=1S/C23H31FN4O.HI/c1-17-14-28(15-18(2)29-17)16-21-9-5-4-8-20(21)13-27-23(25-3)26-12-19-7-6-10-22(24)11-19;/h4-11,17-18H,12-16H2,1-3H3,(H2,25,26,27);1H. The highest BCUT2D eigenvalue weighted by molar-refractivity contribution is 14.0. The van der Waals surface area contributed by atoms with E-state index in [0.29, 0.717) is 19.0 Å². The van der Waals surface area contributed by atoms with Gasteiger partial charge in [-0.2, -0.15) is 0 Å². The molecule has 1 saturated heterocycles.